The Balaban J connectivity index is 0.810. The van der Waals surface area contributed by atoms with Crippen molar-refractivity contribution in [2.24, 2.45) is 16.7 Å². The van der Waals surface area contributed by atoms with Crippen molar-refractivity contribution in [2.75, 3.05) is 35.0 Å². The topological polar surface area (TPSA) is 265 Å². The zero-order chi connectivity index (χ0) is 61.0. The van der Waals surface area contributed by atoms with Gasteiger partial charge in [0.2, 0.25) is 0 Å². The molecule has 4 saturated heterocycles. The van der Waals surface area contributed by atoms with E-state index in [1.165, 1.54) is 14.0 Å². The van der Waals surface area contributed by atoms with Crippen molar-refractivity contribution in [1.82, 2.24) is 0 Å². The number of fused-ring (bicyclic) bond motifs is 5. The van der Waals surface area contributed by atoms with Crippen molar-refractivity contribution in [3.05, 3.63) is 90.0 Å². The van der Waals surface area contributed by atoms with E-state index in [0.717, 1.165) is 5.57 Å². The van der Waals surface area contributed by atoms with Crippen molar-refractivity contribution in [2.45, 2.75) is 239 Å². The number of carbonyl (C=O) groups is 2. The minimum absolute atomic E-state index is 0.00898. The van der Waals surface area contributed by atoms with Crippen LogP contribution >= 0.6 is 0 Å². The highest BCUT2D eigenvalue weighted by Crippen LogP contribution is 2.71. The number of methoxy groups -OCH3 is 4. The van der Waals surface area contributed by atoms with Crippen molar-refractivity contribution in [3.63, 3.8) is 0 Å². The highest BCUT2D eigenvalue weighted by atomic mass is 16.8. The molecule has 4 heterocycles. The summed E-state index contributed by atoms with van der Waals surface area (Å²) in [4.78, 5) is 27.5. The fourth-order valence-corrected chi connectivity index (χ4v) is 15.9. The summed E-state index contributed by atoms with van der Waals surface area (Å²) < 4.78 is 88.3. The normalized spacial score (nSPS) is 45.3. The highest BCUT2D eigenvalue weighted by molar-refractivity contribution is 5.89. The van der Waals surface area contributed by atoms with Gasteiger partial charge < -0.3 is 91.8 Å². The molecule has 2 aromatic carbocycles. The van der Waals surface area contributed by atoms with Crippen molar-refractivity contribution < 1.29 is 101 Å². The molecule has 0 bridgehead atoms. The molecule has 4 aliphatic heterocycles. The van der Waals surface area contributed by atoms with E-state index >= 15 is 0 Å². The molecule has 0 aromatic heterocycles. The molecular weight excluding hydrogens is 1100 g/mol. The fraction of sp³-hybridized carbons (Fsp3) is 0.719. The Hall–Kier alpha value is -3.82. The Morgan fingerprint density at radius 3 is 1.69 bits per heavy atom. The molecule has 0 radical (unpaired) electrons. The summed E-state index contributed by atoms with van der Waals surface area (Å²) in [5.74, 6) is -1.58. The van der Waals surface area contributed by atoms with Crippen LogP contribution in [0, 0.1) is 16.7 Å². The molecule has 4 aliphatic carbocycles. The third-order valence-electron chi connectivity index (χ3n) is 20.8. The van der Waals surface area contributed by atoms with E-state index in [-0.39, 0.29) is 50.6 Å². The SMILES string of the molecule is C=C(O[C@@H]1C[C@@H]2[C@@]3(COC(=O)c4ccccc4)CC[C@H](O[C@H]4C[C@H](OC)[C@H](O[C@H]5C[C@H](OC)[C@H](O[C@H]6C[C@H](OC)[C@H](O[C@H]7O[C@@H](C)[C@@H](O)[C@H](OC)[C@H]7O)[C@H](C)O6)[C@H](C)O5)[C@H](C)O4)CC3=CC[C@@]2(O)[C@@]2(O)CC[C@@](O)(C(C)=O)[C@@]12C)c1ccccc1. The number of ketones is 1. The molecule has 7 fully saturated rings. The number of aliphatic hydroxyl groups excluding tert-OH is 2. The van der Waals surface area contributed by atoms with E-state index in [2.05, 4.69) is 6.58 Å². The highest BCUT2D eigenvalue weighted by Gasteiger charge is 2.82. The molecule has 0 spiro atoms. The Bertz CT molecular complexity index is 2660. The molecule has 8 aliphatic rings. The summed E-state index contributed by atoms with van der Waals surface area (Å²) in [6.45, 7) is 14.4. The first-order chi connectivity index (χ1) is 40.5. The predicted molar refractivity (Wildman–Crippen MR) is 303 cm³/mol. The van der Waals surface area contributed by atoms with Crippen molar-refractivity contribution >= 4 is 17.5 Å². The lowest BCUT2D eigenvalue weighted by Gasteiger charge is -2.67. The standard InChI is InChI=1S/C64H90O21/c1-34(40-18-14-12-15-19-40)77-48-32-47-61(33-76-58(68)41-20-16-13-17-21-41)24-23-43(28-42(61)22-25-63(47,70)64(71)27-26-62(69,39(6)65)60(48,64)7)82-49-29-44(72-8)54(36(3)78-49)83-50-30-45(73-9)55(37(4)79-50)84-51-31-46(74-10)56(38(5)80-51)85-59-53(67)57(75-11)52(66)35(2)81-59/h12-22,35-38,43-57,59,66-67,69-71H,1,23-33H2,2-11H3/t35-,36-,37-,38-,43-,44-,45-,46-,47+,48+,49-,50-,51-,52+,53+,54+,55+,56+,57-,59+,60+,61+,62+,63-,64+/m0/s1. The van der Waals surface area contributed by atoms with Gasteiger partial charge in [0.15, 0.2) is 30.9 Å². The monoisotopic (exact) mass is 1190 g/mol. The zero-order valence-corrected chi connectivity index (χ0v) is 50.7. The van der Waals surface area contributed by atoms with Gasteiger partial charge in [0, 0.05) is 64.6 Å². The van der Waals surface area contributed by atoms with Gasteiger partial charge in [0.25, 0.3) is 0 Å². The number of ether oxygens (including phenoxy) is 14. The number of benzene rings is 2. The molecular formula is C64H90O21. The fourth-order valence-electron chi connectivity index (χ4n) is 15.9. The predicted octanol–water partition coefficient (Wildman–Crippen LogP) is 5.47. The first-order valence-electron chi connectivity index (χ1n) is 30.2. The van der Waals surface area contributed by atoms with Crippen LogP contribution in [0.15, 0.2) is 78.9 Å². The molecule has 85 heavy (non-hydrogen) atoms. The van der Waals surface area contributed by atoms with Crippen LogP contribution in [0.5, 0.6) is 0 Å². The quantitative estimate of drug-likeness (QED) is 0.0663. The molecule has 2 aromatic rings. The van der Waals surface area contributed by atoms with Gasteiger partial charge in [-0.25, -0.2) is 4.79 Å². The second-order valence-corrected chi connectivity index (χ2v) is 25.2. The van der Waals surface area contributed by atoms with Crippen molar-refractivity contribution in [1.29, 1.82) is 0 Å². The minimum Gasteiger partial charge on any atom is -0.490 e. The lowest BCUT2D eigenvalue weighted by Crippen LogP contribution is -2.78. The van der Waals surface area contributed by atoms with Crippen molar-refractivity contribution in [3.8, 4) is 0 Å². The molecule has 0 amide bonds. The van der Waals surface area contributed by atoms with Gasteiger partial charge in [-0.1, -0.05) is 66.8 Å². The van der Waals surface area contributed by atoms with Crippen LogP contribution in [0.3, 0.4) is 0 Å². The van der Waals surface area contributed by atoms with Crippen LogP contribution in [0.2, 0.25) is 0 Å². The van der Waals surface area contributed by atoms with Gasteiger partial charge in [0.05, 0.1) is 59.8 Å². The van der Waals surface area contributed by atoms with E-state index in [1.807, 2.05) is 63.2 Å². The summed E-state index contributed by atoms with van der Waals surface area (Å²) in [7, 11) is 6.22. The number of esters is 1. The summed E-state index contributed by atoms with van der Waals surface area (Å²) in [6, 6.07) is 18.0. The van der Waals surface area contributed by atoms with Crippen LogP contribution in [0.4, 0.5) is 0 Å². The number of rotatable bonds is 19. The van der Waals surface area contributed by atoms with Gasteiger partial charge in [-0.3, -0.25) is 4.79 Å². The smallest absolute Gasteiger partial charge is 0.338 e. The Morgan fingerprint density at radius 1 is 0.635 bits per heavy atom. The molecule has 3 saturated carbocycles. The number of hydrogen-bond acceptors (Lipinski definition) is 21. The first-order valence-corrected chi connectivity index (χ1v) is 30.2. The third-order valence-corrected chi connectivity index (χ3v) is 20.8. The number of aliphatic hydroxyl groups is 5. The minimum atomic E-state index is -2.05. The van der Waals surface area contributed by atoms with E-state index < -0.39 is 156 Å². The summed E-state index contributed by atoms with van der Waals surface area (Å²) >= 11 is 0. The summed E-state index contributed by atoms with van der Waals surface area (Å²) in [5, 5.41) is 60.8. The van der Waals surface area contributed by atoms with E-state index in [1.54, 1.807) is 59.4 Å². The number of Topliss-reactive ketones (excluding diaryl/α,β-unsaturated/α-hetero) is 1. The molecule has 21 nitrogen and oxygen atoms in total. The summed E-state index contributed by atoms with van der Waals surface area (Å²) in [6.07, 6.45) is -9.41. The Morgan fingerprint density at radius 2 is 1.16 bits per heavy atom. The van der Waals surface area contributed by atoms with E-state index in [9.17, 15) is 35.1 Å². The number of hydrogen-bond donors (Lipinski definition) is 5. The van der Waals surface area contributed by atoms with E-state index in [0.29, 0.717) is 43.2 Å². The van der Waals surface area contributed by atoms with Crippen LogP contribution in [-0.2, 0) is 71.1 Å². The van der Waals surface area contributed by atoms with Gasteiger partial charge in [-0.05, 0) is 98.6 Å². The van der Waals surface area contributed by atoms with Crippen LogP contribution in [0.25, 0.3) is 5.76 Å². The second kappa shape index (κ2) is 25.6. The zero-order valence-electron chi connectivity index (χ0n) is 50.7. The Kier molecular flexibility index (Phi) is 19.3. The maximum Gasteiger partial charge on any atom is 0.338 e. The lowest BCUT2D eigenvalue weighted by atomic mass is 9.42. The van der Waals surface area contributed by atoms with Gasteiger partial charge >= 0.3 is 5.97 Å². The van der Waals surface area contributed by atoms with Crippen LogP contribution in [-0.4, -0.2) is 206 Å². The Labute approximate surface area is 498 Å². The average Bonchev–Trinajstić information content (AvgIpc) is 1.64. The second-order valence-electron chi connectivity index (χ2n) is 25.2. The molecule has 21 heteroatoms. The lowest BCUT2D eigenvalue weighted by molar-refractivity contribution is -0.356. The maximum absolute atomic E-state index is 13.9. The maximum atomic E-state index is 13.9. The largest absolute Gasteiger partial charge is 0.490 e. The van der Waals surface area contributed by atoms with Crippen LogP contribution < -0.4 is 0 Å². The first kappa shape index (κ1) is 64.2. The number of carbonyl (C=O) groups excluding carboxylic acids is 2. The van der Waals surface area contributed by atoms with Gasteiger partial charge in [-0.2, -0.15) is 0 Å². The van der Waals surface area contributed by atoms with Gasteiger partial charge in [-0.15, -0.1) is 0 Å². The molecule has 25 atom stereocenters. The molecule has 10 rings (SSSR count). The van der Waals surface area contributed by atoms with E-state index in [4.69, 9.17) is 66.3 Å². The van der Waals surface area contributed by atoms with Crippen LogP contribution in [0.1, 0.15) is 122 Å². The average molecular weight is 1200 g/mol. The summed E-state index contributed by atoms with van der Waals surface area (Å²) in [5.41, 5.74) is -6.80. The molecule has 472 valence electrons. The van der Waals surface area contributed by atoms with Gasteiger partial charge in [0.1, 0.15) is 71.9 Å². The molecule has 0 unspecified atom stereocenters. The third kappa shape index (κ3) is 11.5. The molecule has 5 N–H and O–H groups in total.